The molecule has 4 aliphatic rings. The monoisotopic (exact) mass is 332 g/mol. The molecule has 3 amide bonds. The molecule has 5 heteroatoms. The van der Waals surface area contributed by atoms with E-state index in [1.807, 2.05) is 4.90 Å². The fourth-order valence-corrected chi connectivity index (χ4v) is 4.32. The molecule has 1 aliphatic heterocycles. The summed E-state index contributed by atoms with van der Waals surface area (Å²) in [7, 11) is 0. The summed E-state index contributed by atoms with van der Waals surface area (Å²) in [6.45, 7) is 2.04. The Hall–Kier alpha value is -1.39. The molecule has 3 aliphatic carbocycles. The molecule has 1 saturated heterocycles. The van der Waals surface area contributed by atoms with Crippen LogP contribution in [0.1, 0.15) is 57.8 Å². The lowest BCUT2D eigenvalue weighted by molar-refractivity contribution is -0.141. The number of carbonyl (C=O) groups excluding carboxylic acids is 3. The Morgan fingerprint density at radius 2 is 1.38 bits per heavy atom. The largest absolute Gasteiger partial charge is 0.342 e. The molecule has 2 unspecified atom stereocenters. The molecule has 0 radical (unpaired) electrons. The number of likely N-dealkylation sites (tertiary alicyclic amines) is 1. The Balaban J connectivity index is 1.33. The van der Waals surface area contributed by atoms with E-state index in [4.69, 9.17) is 0 Å². The van der Waals surface area contributed by atoms with Gasteiger partial charge in [0.25, 0.3) is 0 Å². The fourth-order valence-electron chi connectivity index (χ4n) is 4.32. The first-order valence-electron chi connectivity index (χ1n) is 9.76. The first-order chi connectivity index (χ1) is 11.6. The van der Waals surface area contributed by atoms with Crippen molar-refractivity contribution in [3.8, 4) is 0 Å². The number of rotatable bonds is 7. The van der Waals surface area contributed by atoms with E-state index < -0.39 is 0 Å². The van der Waals surface area contributed by atoms with Crippen LogP contribution >= 0.6 is 0 Å². The van der Waals surface area contributed by atoms with Gasteiger partial charge in [0.05, 0.1) is 11.8 Å². The molecule has 132 valence electrons. The van der Waals surface area contributed by atoms with Gasteiger partial charge in [0.1, 0.15) is 0 Å². The molecular formula is C19H28N2O3. The molecule has 0 aromatic carbocycles. The van der Waals surface area contributed by atoms with Crippen LogP contribution in [0, 0.1) is 23.7 Å². The quantitative estimate of drug-likeness (QED) is 0.672. The molecule has 0 spiro atoms. The molecule has 24 heavy (non-hydrogen) atoms. The number of fused-ring (bicyclic) bond motifs is 1. The number of carbonyl (C=O) groups is 3. The third-order valence-electron chi connectivity index (χ3n) is 6.19. The Kier molecular flexibility index (Phi) is 4.35. The van der Waals surface area contributed by atoms with Crippen molar-refractivity contribution >= 4 is 17.7 Å². The topological polar surface area (TPSA) is 57.7 Å². The zero-order valence-electron chi connectivity index (χ0n) is 14.4. The molecule has 4 fully saturated rings. The van der Waals surface area contributed by atoms with Crippen molar-refractivity contribution < 1.29 is 14.4 Å². The second-order valence-corrected chi connectivity index (χ2v) is 8.26. The number of hydrogen-bond donors (Lipinski definition) is 0. The van der Waals surface area contributed by atoms with Crippen molar-refractivity contribution in [3.63, 3.8) is 0 Å². The molecule has 0 N–H and O–H groups in total. The molecule has 3 saturated carbocycles. The standard InChI is InChI=1S/C19H28N2O3/c22-17(20(11-13-5-6-13)12-14-7-8-14)9-10-21-18(23)15-3-1-2-4-16(15)19(21)24/h13-16H,1-12H2. The minimum atomic E-state index is -0.101. The summed E-state index contributed by atoms with van der Waals surface area (Å²) < 4.78 is 0. The van der Waals surface area contributed by atoms with E-state index in [9.17, 15) is 14.4 Å². The van der Waals surface area contributed by atoms with Gasteiger partial charge in [-0.2, -0.15) is 0 Å². The van der Waals surface area contributed by atoms with Crippen LogP contribution in [0.2, 0.25) is 0 Å². The third-order valence-corrected chi connectivity index (χ3v) is 6.19. The predicted octanol–water partition coefficient (Wildman–Crippen LogP) is 2.20. The Morgan fingerprint density at radius 3 is 1.83 bits per heavy atom. The Labute approximate surface area is 143 Å². The van der Waals surface area contributed by atoms with Gasteiger partial charge in [0, 0.05) is 26.1 Å². The van der Waals surface area contributed by atoms with Crippen molar-refractivity contribution in [2.45, 2.75) is 57.8 Å². The summed E-state index contributed by atoms with van der Waals surface area (Å²) >= 11 is 0. The summed E-state index contributed by atoms with van der Waals surface area (Å²) in [5, 5.41) is 0. The van der Waals surface area contributed by atoms with Crippen LogP contribution in [-0.4, -0.2) is 47.2 Å². The lowest BCUT2D eigenvalue weighted by atomic mass is 9.81. The zero-order chi connectivity index (χ0) is 16.7. The molecule has 0 bridgehead atoms. The van der Waals surface area contributed by atoms with Crippen molar-refractivity contribution in [3.05, 3.63) is 0 Å². The molecular weight excluding hydrogens is 304 g/mol. The Bertz CT molecular complexity index is 501. The SMILES string of the molecule is O=C(CCN1C(=O)C2CCCCC2C1=O)N(CC1CC1)CC1CC1. The second kappa shape index (κ2) is 6.49. The van der Waals surface area contributed by atoms with Crippen LogP contribution in [0.25, 0.3) is 0 Å². The van der Waals surface area contributed by atoms with Gasteiger partial charge < -0.3 is 4.90 Å². The van der Waals surface area contributed by atoms with E-state index in [2.05, 4.69) is 0 Å². The van der Waals surface area contributed by atoms with Gasteiger partial charge in [-0.25, -0.2) is 0 Å². The highest BCUT2D eigenvalue weighted by atomic mass is 16.2. The van der Waals surface area contributed by atoms with Gasteiger partial charge in [-0.1, -0.05) is 12.8 Å². The van der Waals surface area contributed by atoms with E-state index in [1.54, 1.807) is 0 Å². The van der Waals surface area contributed by atoms with Crippen LogP contribution in [0.4, 0.5) is 0 Å². The van der Waals surface area contributed by atoms with Crippen molar-refractivity contribution in [2.75, 3.05) is 19.6 Å². The average molecular weight is 332 g/mol. The maximum Gasteiger partial charge on any atom is 0.233 e. The minimum Gasteiger partial charge on any atom is -0.342 e. The van der Waals surface area contributed by atoms with Crippen molar-refractivity contribution in [1.82, 2.24) is 9.80 Å². The highest BCUT2D eigenvalue weighted by Crippen LogP contribution is 2.38. The number of amides is 3. The summed E-state index contributed by atoms with van der Waals surface area (Å²) in [5.74, 6) is 1.26. The van der Waals surface area contributed by atoms with Crippen LogP contribution in [0.15, 0.2) is 0 Å². The predicted molar refractivity (Wildman–Crippen MR) is 88.8 cm³/mol. The number of imide groups is 1. The van der Waals surface area contributed by atoms with Crippen LogP contribution < -0.4 is 0 Å². The molecule has 5 nitrogen and oxygen atoms in total. The van der Waals surface area contributed by atoms with Gasteiger partial charge in [-0.15, -0.1) is 0 Å². The maximum atomic E-state index is 12.6. The fraction of sp³-hybridized carbons (Fsp3) is 0.842. The summed E-state index contributed by atoms with van der Waals surface area (Å²) in [6.07, 6.45) is 9.03. The highest BCUT2D eigenvalue weighted by molar-refractivity contribution is 6.05. The molecule has 2 atom stereocenters. The van der Waals surface area contributed by atoms with Gasteiger partial charge >= 0.3 is 0 Å². The van der Waals surface area contributed by atoms with E-state index in [-0.39, 0.29) is 36.1 Å². The van der Waals surface area contributed by atoms with Crippen molar-refractivity contribution in [2.24, 2.45) is 23.7 Å². The maximum absolute atomic E-state index is 12.6. The highest BCUT2D eigenvalue weighted by Gasteiger charge is 2.48. The van der Waals surface area contributed by atoms with Gasteiger partial charge in [-0.05, 0) is 50.4 Å². The van der Waals surface area contributed by atoms with E-state index in [0.717, 1.165) is 38.8 Å². The van der Waals surface area contributed by atoms with Gasteiger partial charge in [0.15, 0.2) is 0 Å². The molecule has 0 aromatic heterocycles. The van der Waals surface area contributed by atoms with E-state index >= 15 is 0 Å². The Morgan fingerprint density at radius 1 is 0.875 bits per heavy atom. The lowest BCUT2D eigenvalue weighted by Crippen LogP contribution is -2.39. The van der Waals surface area contributed by atoms with Crippen molar-refractivity contribution in [1.29, 1.82) is 0 Å². The van der Waals surface area contributed by atoms with E-state index in [1.165, 1.54) is 30.6 Å². The van der Waals surface area contributed by atoms with Gasteiger partial charge in [0.2, 0.25) is 17.7 Å². The first-order valence-corrected chi connectivity index (χ1v) is 9.76. The lowest BCUT2D eigenvalue weighted by Gasteiger charge is -2.24. The van der Waals surface area contributed by atoms with Gasteiger partial charge in [-0.3, -0.25) is 19.3 Å². The van der Waals surface area contributed by atoms with Crippen LogP contribution in [-0.2, 0) is 14.4 Å². The normalized spacial score (nSPS) is 29.8. The van der Waals surface area contributed by atoms with Crippen LogP contribution in [0.3, 0.4) is 0 Å². The zero-order valence-corrected chi connectivity index (χ0v) is 14.4. The number of hydrogen-bond acceptors (Lipinski definition) is 3. The molecule has 0 aromatic rings. The average Bonchev–Trinajstić information content (AvgIpc) is 3.49. The summed E-state index contributed by atoms with van der Waals surface area (Å²) in [6, 6.07) is 0. The number of nitrogens with zero attached hydrogens (tertiary/aromatic N) is 2. The second-order valence-electron chi connectivity index (χ2n) is 8.26. The minimum absolute atomic E-state index is 0.0200. The smallest absolute Gasteiger partial charge is 0.233 e. The summed E-state index contributed by atoms with van der Waals surface area (Å²) in [4.78, 5) is 41.0. The summed E-state index contributed by atoms with van der Waals surface area (Å²) in [5.41, 5.74) is 0. The third kappa shape index (κ3) is 3.35. The first kappa shape index (κ1) is 16.1. The molecule has 1 heterocycles. The molecule has 4 rings (SSSR count). The van der Waals surface area contributed by atoms with Crippen LogP contribution in [0.5, 0.6) is 0 Å². The van der Waals surface area contributed by atoms with E-state index in [0.29, 0.717) is 18.3 Å².